The van der Waals surface area contributed by atoms with Crippen molar-refractivity contribution in [1.29, 1.82) is 0 Å². The largest absolute Gasteiger partial charge is 0.375 e. The van der Waals surface area contributed by atoms with Gasteiger partial charge in [-0.25, -0.2) is 0 Å². The Kier molecular flexibility index (Phi) is 4.03. The summed E-state index contributed by atoms with van der Waals surface area (Å²) in [6.07, 6.45) is 4.14. The van der Waals surface area contributed by atoms with Crippen molar-refractivity contribution >= 4 is 23.0 Å². The molecule has 0 amide bonds. The topological polar surface area (TPSA) is 50.4 Å². The van der Waals surface area contributed by atoms with Crippen LogP contribution in [0.15, 0.2) is 28.9 Å². The third-order valence-corrected chi connectivity index (χ3v) is 2.69. The number of hydrazone groups is 1. The molecular weight excluding hydrogens is 206 g/mol. The zero-order valence-corrected chi connectivity index (χ0v) is 10.0. The fraction of sp³-hybridized carbons (Fsp3) is 0.455. The van der Waals surface area contributed by atoms with Gasteiger partial charge in [-0.3, -0.25) is 5.43 Å². The van der Waals surface area contributed by atoms with E-state index in [0.717, 1.165) is 18.6 Å². The van der Waals surface area contributed by atoms with Crippen LogP contribution in [-0.4, -0.2) is 10.8 Å². The minimum atomic E-state index is 0.202. The molecule has 1 aliphatic rings. The molecule has 4 heteroatoms. The molecule has 0 heterocycles. The molecule has 0 radical (unpaired) electrons. The number of allylic oxidation sites excluding steroid dienone is 3. The van der Waals surface area contributed by atoms with Crippen molar-refractivity contribution in [2.75, 3.05) is 0 Å². The maximum atomic E-state index is 5.33. The van der Waals surface area contributed by atoms with Gasteiger partial charge in [0.1, 0.15) is 0 Å². The Labute approximate surface area is 96.1 Å². The van der Waals surface area contributed by atoms with Crippen LogP contribution in [0, 0.1) is 5.92 Å². The van der Waals surface area contributed by atoms with Crippen molar-refractivity contribution in [1.82, 2.24) is 5.43 Å². The molecule has 0 aliphatic heterocycles. The highest BCUT2D eigenvalue weighted by Crippen LogP contribution is 2.26. The molecule has 1 atom stereocenters. The zero-order valence-electron chi connectivity index (χ0n) is 9.21. The molecule has 3 nitrogen and oxygen atoms in total. The molecule has 0 saturated carbocycles. The number of nitrogens with one attached hydrogen (secondary N) is 1. The van der Waals surface area contributed by atoms with Gasteiger partial charge in [0.15, 0.2) is 5.11 Å². The summed E-state index contributed by atoms with van der Waals surface area (Å²) >= 11 is 4.71. The molecule has 0 aromatic rings. The molecule has 15 heavy (non-hydrogen) atoms. The van der Waals surface area contributed by atoms with Gasteiger partial charge in [0.25, 0.3) is 0 Å². The van der Waals surface area contributed by atoms with Gasteiger partial charge in [-0.15, -0.1) is 0 Å². The number of hydrogen-bond acceptors (Lipinski definition) is 2. The van der Waals surface area contributed by atoms with E-state index in [2.05, 4.69) is 37.0 Å². The van der Waals surface area contributed by atoms with E-state index in [9.17, 15) is 0 Å². The lowest BCUT2D eigenvalue weighted by molar-refractivity contribution is 0.637. The number of rotatable bonds is 2. The molecule has 0 aromatic carbocycles. The van der Waals surface area contributed by atoms with Crippen LogP contribution >= 0.6 is 12.2 Å². The molecule has 0 saturated heterocycles. The van der Waals surface area contributed by atoms with E-state index in [1.807, 2.05) is 0 Å². The first-order valence-corrected chi connectivity index (χ1v) is 5.36. The van der Waals surface area contributed by atoms with Crippen molar-refractivity contribution in [2.45, 2.75) is 26.7 Å². The van der Waals surface area contributed by atoms with Crippen LogP contribution in [0.1, 0.15) is 26.7 Å². The van der Waals surface area contributed by atoms with Crippen molar-refractivity contribution in [3.8, 4) is 0 Å². The maximum absolute atomic E-state index is 5.33. The Morgan fingerprint density at radius 3 is 2.93 bits per heavy atom. The van der Waals surface area contributed by atoms with E-state index in [4.69, 9.17) is 18.0 Å². The van der Waals surface area contributed by atoms with Crippen molar-refractivity contribution < 1.29 is 0 Å². The Hall–Kier alpha value is -1.16. The summed E-state index contributed by atoms with van der Waals surface area (Å²) in [5.74, 6) is 0.487. The van der Waals surface area contributed by atoms with Crippen molar-refractivity contribution in [3.05, 3.63) is 23.8 Å². The summed E-state index contributed by atoms with van der Waals surface area (Å²) in [7, 11) is 0. The third kappa shape index (κ3) is 3.47. The summed E-state index contributed by atoms with van der Waals surface area (Å²) in [4.78, 5) is 0. The second kappa shape index (κ2) is 5.07. The first kappa shape index (κ1) is 11.9. The van der Waals surface area contributed by atoms with Crippen LogP contribution < -0.4 is 11.2 Å². The lowest BCUT2D eigenvalue weighted by Crippen LogP contribution is -2.27. The average molecular weight is 223 g/mol. The SMILES string of the molecule is C=C(C)C1CC=C(C)/C(=N\NC(N)=S)C1. The zero-order chi connectivity index (χ0) is 11.4. The van der Waals surface area contributed by atoms with Gasteiger partial charge < -0.3 is 5.73 Å². The fourth-order valence-electron chi connectivity index (χ4n) is 1.55. The van der Waals surface area contributed by atoms with Gasteiger partial charge in [-0.2, -0.15) is 5.10 Å². The predicted octanol–water partition coefficient (Wildman–Crippen LogP) is 2.11. The standard InChI is InChI=1S/C11H17N3S/c1-7(2)9-5-4-8(3)10(6-9)13-14-11(12)15/h4,9H,1,5-6H2,2-3H3,(H3,12,14,15)/b13-10-. The summed E-state index contributed by atoms with van der Waals surface area (Å²) in [6.45, 7) is 8.08. The second-order valence-electron chi connectivity index (χ2n) is 3.90. The van der Waals surface area contributed by atoms with Gasteiger partial charge >= 0.3 is 0 Å². The maximum Gasteiger partial charge on any atom is 0.184 e. The van der Waals surface area contributed by atoms with E-state index < -0.39 is 0 Å². The van der Waals surface area contributed by atoms with Crippen molar-refractivity contribution in [3.63, 3.8) is 0 Å². The van der Waals surface area contributed by atoms with E-state index >= 15 is 0 Å². The van der Waals surface area contributed by atoms with Gasteiger partial charge in [-0.1, -0.05) is 18.2 Å². The summed E-state index contributed by atoms with van der Waals surface area (Å²) < 4.78 is 0. The molecule has 3 N–H and O–H groups in total. The third-order valence-electron chi connectivity index (χ3n) is 2.60. The smallest absolute Gasteiger partial charge is 0.184 e. The molecule has 1 rings (SSSR count). The van der Waals surface area contributed by atoms with Crippen molar-refractivity contribution in [2.24, 2.45) is 16.8 Å². The predicted molar refractivity (Wildman–Crippen MR) is 68.7 cm³/mol. The Bertz CT molecular complexity index is 342. The molecular formula is C11H17N3S. The lowest BCUT2D eigenvalue weighted by atomic mass is 9.85. The quantitative estimate of drug-likeness (QED) is 0.428. The lowest BCUT2D eigenvalue weighted by Gasteiger charge is -2.22. The molecule has 1 unspecified atom stereocenters. The Morgan fingerprint density at radius 1 is 1.73 bits per heavy atom. The number of nitrogens with two attached hydrogens (primary N) is 1. The summed E-state index contributed by atoms with van der Waals surface area (Å²) in [5, 5.41) is 4.39. The first-order chi connectivity index (χ1) is 7.00. The van der Waals surface area contributed by atoms with Crippen LogP contribution in [0.2, 0.25) is 0 Å². The molecule has 82 valence electrons. The van der Waals surface area contributed by atoms with Crippen LogP contribution in [0.3, 0.4) is 0 Å². The highest BCUT2D eigenvalue weighted by Gasteiger charge is 2.18. The monoisotopic (exact) mass is 223 g/mol. The van der Waals surface area contributed by atoms with Gasteiger partial charge in [0.2, 0.25) is 0 Å². The van der Waals surface area contributed by atoms with E-state index in [1.54, 1.807) is 0 Å². The Morgan fingerprint density at radius 2 is 2.40 bits per heavy atom. The van der Waals surface area contributed by atoms with Gasteiger partial charge in [0, 0.05) is 0 Å². The normalized spacial score (nSPS) is 23.5. The van der Waals surface area contributed by atoms with Crippen LogP contribution in [-0.2, 0) is 0 Å². The molecule has 0 spiro atoms. The number of hydrogen-bond donors (Lipinski definition) is 2. The molecule has 1 aliphatic carbocycles. The van der Waals surface area contributed by atoms with Gasteiger partial charge in [0.05, 0.1) is 5.71 Å². The van der Waals surface area contributed by atoms with Gasteiger partial charge in [-0.05, 0) is 50.4 Å². The number of nitrogens with zero attached hydrogens (tertiary/aromatic N) is 1. The van der Waals surface area contributed by atoms with E-state index in [0.29, 0.717) is 5.92 Å². The minimum absolute atomic E-state index is 0.202. The fourth-order valence-corrected chi connectivity index (χ4v) is 1.59. The first-order valence-electron chi connectivity index (χ1n) is 4.95. The minimum Gasteiger partial charge on any atom is -0.375 e. The van der Waals surface area contributed by atoms with Crippen LogP contribution in [0.4, 0.5) is 0 Å². The van der Waals surface area contributed by atoms with Crippen LogP contribution in [0.5, 0.6) is 0 Å². The number of thiocarbonyl (C=S) groups is 1. The highest BCUT2D eigenvalue weighted by molar-refractivity contribution is 7.80. The Balaban J connectivity index is 2.75. The van der Waals surface area contributed by atoms with E-state index in [-0.39, 0.29) is 5.11 Å². The highest BCUT2D eigenvalue weighted by atomic mass is 32.1. The van der Waals surface area contributed by atoms with Crippen LogP contribution in [0.25, 0.3) is 0 Å². The molecule has 0 bridgehead atoms. The average Bonchev–Trinajstić information content (AvgIpc) is 2.16. The second-order valence-corrected chi connectivity index (χ2v) is 4.34. The molecule has 0 fully saturated rings. The van der Waals surface area contributed by atoms with E-state index in [1.165, 1.54) is 11.1 Å². The molecule has 0 aromatic heterocycles. The summed E-state index contributed by atoms with van der Waals surface area (Å²) in [5.41, 5.74) is 11.4. The summed E-state index contributed by atoms with van der Waals surface area (Å²) in [6, 6.07) is 0.